The maximum atomic E-state index is 12.5. The highest BCUT2D eigenvalue weighted by Crippen LogP contribution is 2.30. The molecule has 1 saturated carbocycles. The Morgan fingerprint density at radius 3 is 3.12 bits per heavy atom. The minimum absolute atomic E-state index is 0.0548. The zero-order valence-corrected chi connectivity index (χ0v) is 14.1. The number of hydrogen-bond acceptors (Lipinski definition) is 6. The first-order chi connectivity index (χ1) is 11.6. The van der Waals surface area contributed by atoms with Gasteiger partial charge in [0.1, 0.15) is 17.8 Å². The van der Waals surface area contributed by atoms with E-state index in [-0.39, 0.29) is 11.4 Å². The molecule has 4 N–H and O–H groups in total. The van der Waals surface area contributed by atoms with Crippen LogP contribution < -0.4 is 16.0 Å². The number of nitrogens with one attached hydrogen (secondary N) is 2. The van der Waals surface area contributed by atoms with Crippen molar-refractivity contribution in [1.82, 2.24) is 20.3 Å². The van der Waals surface area contributed by atoms with Crippen molar-refractivity contribution in [2.24, 2.45) is 5.73 Å². The average molecular weight is 344 g/mol. The number of aromatic nitrogens is 3. The Kier molecular flexibility index (Phi) is 3.93. The van der Waals surface area contributed by atoms with Gasteiger partial charge in [-0.3, -0.25) is 4.79 Å². The third kappa shape index (κ3) is 2.87. The standard InChI is InChI=1S/C16H20N6OS/c17-16(3-1-4-16)9-19-15(23)12-8-22(6-7-24-12)14-11-2-5-18-13(11)20-10-21-14/h2,5,8,10H,1,3-4,6-7,9,17H2,(H,19,23)(H,18,20,21). The van der Waals surface area contributed by atoms with Crippen molar-refractivity contribution in [1.29, 1.82) is 0 Å². The van der Waals surface area contributed by atoms with Gasteiger partial charge in [-0.05, 0) is 25.3 Å². The Morgan fingerprint density at radius 1 is 1.46 bits per heavy atom. The van der Waals surface area contributed by atoms with Gasteiger partial charge in [0.2, 0.25) is 0 Å². The number of amides is 1. The molecule has 0 spiro atoms. The van der Waals surface area contributed by atoms with Gasteiger partial charge in [0.25, 0.3) is 5.91 Å². The van der Waals surface area contributed by atoms with Gasteiger partial charge in [0.15, 0.2) is 0 Å². The number of hydrogen-bond donors (Lipinski definition) is 3. The fourth-order valence-electron chi connectivity index (χ4n) is 3.03. The fourth-order valence-corrected chi connectivity index (χ4v) is 3.94. The van der Waals surface area contributed by atoms with Crippen LogP contribution in [0.5, 0.6) is 0 Å². The summed E-state index contributed by atoms with van der Waals surface area (Å²) < 4.78 is 0. The van der Waals surface area contributed by atoms with Gasteiger partial charge >= 0.3 is 0 Å². The molecule has 2 aromatic rings. The Hall–Kier alpha value is -2.06. The van der Waals surface area contributed by atoms with E-state index >= 15 is 0 Å². The van der Waals surface area contributed by atoms with Gasteiger partial charge < -0.3 is 20.9 Å². The molecule has 1 amide bonds. The minimum Gasteiger partial charge on any atom is -0.350 e. The van der Waals surface area contributed by atoms with Crippen molar-refractivity contribution >= 4 is 34.5 Å². The molecule has 0 bridgehead atoms. The Bertz CT molecular complexity index is 797. The van der Waals surface area contributed by atoms with Crippen LogP contribution in [-0.4, -0.2) is 45.2 Å². The highest BCUT2D eigenvalue weighted by atomic mass is 32.2. The molecule has 3 heterocycles. The summed E-state index contributed by atoms with van der Waals surface area (Å²) in [6, 6.07) is 1.95. The monoisotopic (exact) mass is 344 g/mol. The van der Waals surface area contributed by atoms with Gasteiger partial charge in [-0.1, -0.05) is 0 Å². The second-order valence-corrected chi connectivity index (χ2v) is 7.51. The number of fused-ring (bicyclic) bond motifs is 1. The molecule has 2 aromatic heterocycles. The molecule has 0 aromatic carbocycles. The van der Waals surface area contributed by atoms with Crippen molar-refractivity contribution in [3.8, 4) is 0 Å². The van der Waals surface area contributed by atoms with E-state index in [0.717, 1.165) is 48.4 Å². The van der Waals surface area contributed by atoms with E-state index in [4.69, 9.17) is 5.73 Å². The van der Waals surface area contributed by atoms with E-state index in [2.05, 4.69) is 20.3 Å². The van der Waals surface area contributed by atoms with Crippen molar-refractivity contribution in [2.45, 2.75) is 24.8 Å². The summed E-state index contributed by atoms with van der Waals surface area (Å²) in [5.74, 6) is 1.60. The van der Waals surface area contributed by atoms with Crippen molar-refractivity contribution in [3.63, 3.8) is 0 Å². The largest absolute Gasteiger partial charge is 0.350 e. The van der Waals surface area contributed by atoms with Crippen LogP contribution in [0.15, 0.2) is 29.7 Å². The zero-order chi connectivity index (χ0) is 16.6. The van der Waals surface area contributed by atoms with E-state index in [1.807, 2.05) is 23.4 Å². The van der Waals surface area contributed by atoms with Crippen LogP contribution in [0.3, 0.4) is 0 Å². The van der Waals surface area contributed by atoms with Crippen LogP contribution in [0.25, 0.3) is 11.0 Å². The van der Waals surface area contributed by atoms with E-state index < -0.39 is 0 Å². The van der Waals surface area contributed by atoms with Gasteiger partial charge in [-0.15, -0.1) is 11.8 Å². The summed E-state index contributed by atoms with van der Waals surface area (Å²) in [5.41, 5.74) is 6.77. The van der Waals surface area contributed by atoms with Gasteiger partial charge in [0.05, 0.1) is 10.3 Å². The summed E-state index contributed by atoms with van der Waals surface area (Å²) in [6.45, 7) is 1.35. The van der Waals surface area contributed by atoms with Gasteiger partial charge in [-0.25, -0.2) is 9.97 Å². The summed E-state index contributed by atoms with van der Waals surface area (Å²) in [4.78, 5) is 26.9. The molecule has 24 heavy (non-hydrogen) atoms. The van der Waals surface area contributed by atoms with Crippen molar-refractivity contribution < 1.29 is 4.79 Å². The predicted octanol–water partition coefficient (Wildman–Crippen LogP) is 1.35. The predicted molar refractivity (Wildman–Crippen MR) is 95.6 cm³/mol. The minimum atomic E-state index is -0.209. The third-order valence-corrected chi connectivity index (χ3v) is 5.63. The molecule has 1 aliphatic heterocycles. The number of aromatic amines is 1. The molecule has 0 atom stereocenters. The molecule has 4 rings (SSSR count). The second-order valence-electron chi connectivity index (χ2n) is 6.37. The van der Waals surface area contributed by atoms with Crippen LogP contribution in [-0.2, 0) is 4.79 Å². The lowest BCUT2D eigenvalue weighted by Gasteiger charge is -2.38. The number of nitrogens with zero attached hydrogens (tertiary/aromatic N) is 3. The molecule has 7 nitrogen and oxygen atoms in total. The Morgan fingerprint density at radius 2 is 2.33 bits per heavy atom. The number of carbonyl (C=O) groups is 1. The number of thioether (sulfide) groups is 1. The quantitative estimate of drug-likeness (QED) is 0.774. The highest BCUT2D eigenvalue weighted by molar-refractivity contribution is 8.04. The molecule has 0 radical (unpaired) electrons. The van der Waals surface area contributed by atoms with E-state index in [0.29, 0.717) is 11.4 Å². The molecule has 2 aliphatic rings. The molecule has 0 saturated heterocycles. The van der Waals surface area contributed by atoms with Crippen molar-refractivity contribution in [2.75, 3.05) is 23.7 Å². The lowest BCUT2D eigenvalue weighted by Crippen LogP contribution is -2.55. The number of rotatable bonds is 4. The zero-order valence-electron chi connectivity index (χ0n) is 13.3. The second kappa shape index (κ2) is 6.10. The summed E-state index contributed by atoms with van der Waals surface area (Å²) >= 11 is 1.57. The van der Waals surface area contributed by atoms with Crippen LogP contribution in [0.2, 0.25) is 0 Å². The van der Waals surface area contributed by atoms with E-state index in [1.165, 1.54) is 6.33 Å². The van der Waals surface area contributed by atoms with Crippen molar-refractivity contribution in [3.05, 3.63) is 29.7 Å². The number of nitrogens with two attached hydrogens (primary N) is 1. The maximum absolute atomic E-state index is 12.5. The first kappa shape index (κ1) is 15.5. The Labute approximate surface area is 144 Å². The topological polar surface area (TPSA) is 99.9 Å². The van der Waals surface area contributed by atoms with Crippen LogP contribution >= 0.6 is 11.8 Å². The highest BCUT2D eigenvalue weighted by Gasteiger charge is 2.33. The van der Waals surface area contributed by atoms with Crippen LogP contribution in [0.4, 0.5) is 5.82 Å². The third-order valence-electron chi connectivity index (χ3n) is 4.64. The average Bonchev–Trinajstić information content (AvgIpc) is 3.06. The van der Waals surface area contributed by atoms with Gasteiger partial charge in [0, 0.05) is 36.8 Å². The normalized spacial score (nSPS) is 19.7. The molecule has 8 heteroatoms. The summed E-state index contributed by atoms with van der Waals surface area (Å²) in [6.07, 6.45) is 8.38. The molecular weight excluding hydrogens is 324 g/mol. The first-order valence-electron chi connectivity index (χ1n) is 8.11. The van der Waals surface area contributed by atoms with Gasteiger partial charge in [-0.2, -0.15) is 0 Å². The molecular formula is C16H20N6OS. The Balaban J connectivity index is 1.52. The molecule has 1 aliphatic carbocycles. The maximum Gasteiger partial charge on any atom is 0.259 e. The SMILES string of the molecule is NC1(CNC(=O)C2=CN(c3ncnc4[nH]ccc34)CCS2)CCC1. The van der Waals surface area contributed by atoms with Crippen LogP contribution in [0.1, 0.15) is 19.3 Å². The molecule has 0 unspecified atom stereocenters. The molecule has 126 valence electrons. The number of H-pyrrole nitrogens is 1. The molecule has 1 fully saturated rings. The summed E-state index contributed by atoms with van der Waals surface area (Å²) in [7, 11) is 0. The lowest BCUT2D eigenvalue weighted by atomic mass is 9.78. The smallest absolute Gasteiger partial charge is 0.259 e. The fraction of sp³-hybridized carbons (Fsp3) is 0.438. The lowest BCUT2D eigenvalue weighted by molar-refractivity contribution is -0.117. The number of carbonyl (C=O) groups excluding carboxylic acids is 1. The van der Waals surface area contributed by atoms with E-state index in [9.17, 15) is 4.79 Å². The number of anilines is 1. The summed E-state index contributed by atoms with van der Waals surface area (Å²) in [5, 5.41) is 3.93. The first-order valence-corrected chi connectivity index (χ1v) is 9.10. The van der Waals surface area contributed by atoms with Crippen LogP contribution in [0, 0.1) is 0 Å². The van der Waals surface area contributed by atoms with E-state index in [1.54, 1.807) is 11.8 Å².